The average Bonchev–Trinajstić information content (AvgIpc) is 2.82. The summed E-state index contributed by atoms with van der Waals surface area (Å²) in [4.78, 5) is 4.60. The summed E-state index contributed by atoms with van der Waals surface area (Å²) in [7, 11) is 0. The first-order chi connectivity index (χ1) is 8.84. The van der Waals surface area contributed by atoms with Gasteiger partial charge in [0.05, 0.1) is 5.69 Å². The summed E-state index contributed by atoms with van der Waals surface area (Å²) in [6.07, 6.45) is 9.97. The third-order valence-corrected chi connectivity index (χ3v) is 4.86. The predicted molar refractivity (Wildman–Crippen MR) is 74.4 cm³/mol. The van der Waals surface area contributed by atoms with E-state index < -0.39 is 0 Å². The number of pyridine rings is 1. The van der Waals surface area contributed by atoms with Gasteiger partial charge in [0.15, 0.2) is 0 Å². The van der Waals surface area contributed by atoms with Crippen molar-refractivity contribution in [1.82, 2.24) is 10.3 Å². The van der Waals surface area contributed by atoms with E-state index in [-0.39, 0.29) is 0 Å². The Morgan fingerprint density at radius 1 is 1.28 bits per heavy atom. The van der Waals surface area contributed by atoms with Crippen LogP contribution in [0.2, 0.25) is 0 Å². The number of hydrogen-bond acceptors (Lipinski definition) is 2. The molecule has 18 heavy (non-hydrogen) atoms. The van der Waals surface area contributed by atoms with Crippen LogP contribution in [0.1, 0.15) is 56.3 Å². The Bertz CT molecular complexity index is 402. The Hall–Kier alpha value is -0.890. The van der Waals surface area contributed by atoms with Gasteiger partial charge in [-0.3, -0.25) is 4.98 Å². The van der Waals surface area contributed by atoms with Crippen molar-refractivity contribution in [2.45, 2.75) is 51.5 Å². The second-order valence-electron chi connectivity index (χ2n) is 6.07. The van der Waals surface area contributed by atoms with E-state index in [1.54, 1.807) is 0 Å². The predicted octanol–water partition coefficient (Wildman–Crippen LogP) is 3.48. The second kappa shape index (κ2) is 5.40. The topological polar surface area (TPSA) is 24.9 Å². The van der Waals surface area contributed by atoms with Gasteiger partial charge < -0.3 is 5.32 Å². The van der Waals surface area contributed by atoms with E-state index in [0.29, 0.717) is 6.04 Å². The van der Waals surface area contributed by atoms with Crippen LogP contribution in [0.5, 0.6) is 0 Å². The fourth-order valence-electron chi connectivity index (χ4n) is 3.63. The molecule has 0 saturated heterocycles. The van der Waals surface area contributed by atoms with E-state index in [4.69, 9.17) is 0 Å². The molecule has 0 spiro atoms. The van der Waals surface area contributed by atoms with Crippen LogP contribution < -0.4 is 5.32 Å². The highest BCUT2D eigenvalue weighted by atomic mass is 14.9. The lowest BCUT2D eigenvalue weighted by molar-refractivity contribution is 0.349. The fourth-order valence-corrected chi connectivity index (χ4v) is 3.63. The highest BCUT2D eigenvalue weighted by Gasteiger charge is 2.26. The number of aryl methyl sites for hydroxylation is 1. The lowest BCUT2D eigenvalue weighted by atomic mass is 9.91. The molecule has 3 rings (SSSR count). The molecule has 98 valence electrons. The zero-order valence-corrected chi connectivity index (χ0v) is 11.4. The summed E-state index contributed by atoms with van der Waals surface area (Å²) >= 11 is 0. The first-order valence-corrected chi connectivity index (χ1v) is 7.52. The molecule has 3 unspecified atom stereocenters. The van der Waals surface area contributed by atoms with Gasteiger partial charge in [0.1, 0.15) is 0 Å². The lowest BCUT2D eigenvalue weighted by Gasteiger charge is -2.27. The third kappa shape index (κ3) is 2.44. The third-order valence-electron chi connectivity index (χ3n) is 4.86. The van der Waals surface area contributed by atoms with Crippen molar-refractivity contribution in [2.75, 3.05) is 6.54 Å². The van der Waals surface area contributed by atoms with Gasteiger partial charge in [-0.15, -0.1) is 0 Å². The molecule has 2 nitrogen and oxygen atoms in total. The average molecular weight is 244 g/mol. The van der Waals surface area contributed by atoms with Gasteiger partial charge in [0.25, 0.3) is 0 Å². The van der Waals surface area contributed by atoms with E-state index >= 15 is 0 Å². The van der Waals surface area contributed by atoms with Crippen LogP contribution in [0.4, 0.5) is 0 Å². The fraction of sp³-hybridized carbons (Fsp3) is 0.688. The van der Waals surface area contributed by atoms with Crippen LogP contribution in [0.25, 0.3) is 0 Å². The summed E-state index contributed by atoms with van der Waals surface area (Å²) in [6, 6.07) is 4.82. The summed E-state index contributed by atoms with van der Waals surface area (Å²) in [5.74, 6) is 1.79. The molecule has 1 fully saturated rings. The van der Waals surface area contributed by atoms with E-state index in [1.165, 1.54) is 56.3 Å². The second-order valence-corrected chi connectivity index (χ2v) is 6.07. The van der Waals surface area contributed by atoms with Gasteiger partial charge in [-0.2, -0.15) is 0 Å². The van der Waals surface area contributed by atoms with Crippen LogP contribution in [0.3, 0.4) is 0 Å². The molecule has 1 aromatic heterocycles. The van der Waals surface area contributed by atoms with Crippen molar-refractivity contribution in [3.63, 3.8) is 0 Å². The highest BCUT2D eigenvalue weighted by Crippen LogP contribution is 2.32. The van der Waals surface area contributed by atoms with Crippen LogP contribution in [-0.4, -0.2) is 11.5 Å². The molecule has 1 heterocycles. The minimum atomic E-state index is 0.503. The van der Waals surface area contributed by atoms with Crippen molar-refractivity contribution < 1.29 is 0 Å². The number of fused-ring (bicyclic) bond motifs is 1. The normalized spacial score (nSPS) is 31.3. The molecule has 1 saturated carbocycles. The van der Waals surface area contributed by atoms with Gasteiger partial charge in [-0.05, 0) is 55.7 Å². The molecule has 0 bridgehead atoms. The minimum absolute atomic E-state index is 0.503. The molecule has 3 atom stereocenters. The van der Waals surface area contributed by atoms with Crippen molar-refractivity contribution in [1.29, 1.82) is 0 Å². The van der Waals surface area contributed by atoms with E-state index in [1.807, 2.05) is 6.20 Å². The smallest absolute Gasteiger partial charge is 0.0605 e. The SMILES string of the molecule is CC1CCCC1CNC1CCCc2cccnc21. The number of aromatic nitrogens is 1. The number of nitrogens with zero attached hydrogens (tertiary/aromatic N) is 1. The molecule has 1 aromatic rings. The van der Waals surface area contributed by atoms with Crippen molar-refractivity contribution in [3.05, 3.63) is 29.6 Å². The Morgan fingerprint density at radius 3 is 3.06 bits per heavy atom. The summed E-state index contributed by atoms with van der Waals surface area (Å²) < 4.78 is 0. The zero-order valence-electron chi connectivity index (χ0n) is 11.4. The number of nitrogens with one attached hydrogen (secondary N) is 1. The highest BCUT2D eigenvalue weighted by molar-refractivity contribution is 5.25. The zero-order chi connectivity index (χ0) is 12.4. The van der Waals surface area contributed by atoms with Gasteiger partial charge in [0.2, 0.25) is 0 Å². The maximum atomic E-state index is 4.60. The summed E-state index contributed by atoms with van der Waals surface area (Å²) in [5.41, 5.74) is 2.77. The summed E-state index contributed by atoms with van der Waals surface area (Å²) in [5, 5.41) is 3.79. The van der Waals surface area contributed by atoms with Gasteiger partial charge in [-0.25, -0.2) is 0 Å². The largest absolute Gasteiger partial charge is 0.308 e. The maximum Gasteiger partial charge on any atom is 0.0605 e. The number of hydrogen-bond donors (Lipinski definition) is 1. The first kappa shape index (κ1) is 12.2. The number of rotatable bonds is 3. The first-order valence-electron chi connectivity index (χ1n) is 7.52. The van der Waals surface area contributed by atoms with Crippen molar-refractivity contribution >= 4 is 0 Å². The van der Waals surface area contributed by atoms with E-state index in [0.717, 1.165) is 11.8 Å². The van der Waals surface area contributed by atoms with Crippen LogP contribution in [0, 0.1) is 11.8 Å². The Labute approximate surface area is 110 Å². The molecule has 2 aliphatic carbocycles. The van der Waals surface area contributed by atoms with Gasteiger partial charge >= 0.3 is 0 Å². The maximum absolute atomic E-state index is 4.60. The Kier molecular flexibility index (Phi) is 3.64. The standard InChI is InChI=1S/C16H24N2/c1-12-5-2-7-14(12)11-18-15-9-3-6-13-8-4-10-17-16(13)15/h4,8,10,12,14-15,18H,2-3,5-7,9,11H2,1H3. The molecule has 0 amide bonds. The Morgan fingerprint density at radius 2 is 2.22 bits per heavy atom. The van der Waals surface area contributed by atoms with Crippen molar-refractivity contribution in [2.24, 2.45) is 11.8 Å². The van der Waals surface area contributed by atoms with Crippen LogP contribution in [-0.2, 0) is 6.42 Å². The molecule has 1 N–H and O–H groups in total. The molecular formula is C16H24N2. The van der Waals surface area contributed by atoms with Gasteiger partial charge in [0, 0.05) is 12.2 Å². The minimum Gasteiger partial charge on any atom is -0.308 e. The molecular weight excluding hydrogens is 220 g/mol. The quantitative estimate of drug-likeness (QED) is 0.880. The Balaban J connectivity index is 1.64. The molecule has 2 heteroatoms. The van der Waals surface area contributed by atoms with E-state index in [2.05, 4.69) is 29.4 Å². The van der Waals surface area contributed by atoms with Crippen molar-refractivity contribution in [3.8, 4) is 0 Å². The summed E-state index contributed by atoms with van der Waals surface area (Å²) in [6.45, 7) is 3.59. The van der Waals surface area contributed by atoms with Crippen LogP contribution in [0.15, 0.2) is 18.3 Å². The molecule has 2 aliphatic rings. The van der Waals surface area contributed by atoms with E-state index in [9.17, 15) is 0 Å². The lowest BCUT2D eigenvalue weighted by Crippen LogP contribution is -2.31. The monoisotopic (exact) mass is 244 g/mol. The van der Waals surface area contributed by atoms with Crippen LogP contribution >= 0.6 is 0 Å². The molecule has 0 aromatic carbocycles. The molecule has 0 radical (unpaired) electrons. The molecule has 0 aliphatic heterocycles. The van der Waals surface area contributed by atoms with Gasteiger partial charge in [-0.1, -0.05) is 25.8 Å².